The molecule has 0 heterocycles. The minimum atomic E-state index is -1.33. The summed E-state index contributed by atoms with van der Waals surface area (Å²) in [5, 5.41) is 9.45. The van der Waals surface area contributed by atoms with E-state index in [2.05, 4.69) is 9.47 Å². The summed E-state index contributed by atoms with van der Waals surface area (Å²) in [6, 6.07) is 0. The molecule has 0 spiro atoms. The van der Waals surface area contributed by atoms with Crippen LogP contribution in [0.5, 0.6) is 0 Å². The molecule has 6 nitrogen and oxygen atoms in total. The summed E-state index contributed by atoms with van der Waals surface area (Å²) in [5.41, 5.74) is 0. The zero-order valence-corrected chi connectivity index (χ0v) is 9.06. The third-order valence-electron chi connectivity index (χ3n) is 1.67. The first kappa shape index (κ1) is 13.9. The SMILES string of the molecule is CCC(=O)OC(C(=O)OC)C(O)COC. The lowest BCUT2D eigenvalue weighted by Crippen LogP contribution is -2.41. The van der Waals surface area contributed by atoms with Crippen molar-refractivity contribution in [3.8, 4) is 0 Å². The number of esters is 2. The van der Waals surface area contributed by atoms with Gasteiger partial charge >= 0.3 is 11.9 Å². The van der Waals surface area contributed by atoms with Crippen molar-refractivity contribution in [1.82, 2.24) is 0 Å². The molecule has 6 heteroatoms. The number of ether oxygens (including phenoxy) is 3. The number of carbonyl (C=O) groups excluding carboxylic acids is 2. The van der Waals surface area contributed by atoms with Gasteiger partial charge in [0.2, 0.25) is 6.10 Å². The summed E-state index contributed by atoms with van der Waals surface area (Å²) in [6.45, 7) is 1.47. The average Bonchev–Trinajstić information content (AvgIpc) is 2.24. The Balaban J connectivity index is 4.43. The summed E-state index contributed by atoms with van der Waals surface area (Å²) in [6.07, 6.45) is -2.44. The molecular weight excluding hydrogens is 204 g/mol. The molecule has 0 aromatic rings. The molecule has 15 heavy (non-hydrogen) atoms. The van der Waals surface area contributed by atoms with E-state index >= 15 is 0 Å². The first-order valence-electron chi connectivity index (χ1n) is 4.51. The fraction of sp³-hybridized carbons (Fsp3) is 0.778. The van der Waals surface area contributed by atoms with Crippen LogP contribution in [0, 0.1) is 0 Å². The van der Waals surface area contributed by atoms with Gasteiger partial charge in [0.1, 0.15) is 6.10 Å². The van der Waals surface area contributed by atoms with Crippen LogP contribution in [0.4, 0.5) is 0 Å². The predicted molar refractivity (Wildman–Crippen MR) is 50.1 cm³/mol. The molecule has 0 aliphatic rings. The zero-order chi connectivity index (χ0) is 11.8. The molecule has 0 saturated carbocycles. The van der Waals surface area contributed by atoms with Gasteiger partial charge in [-0.2, -0.15) is 0 Å². The molecule has 0 amide bonds. The molecule has 1 N–H and O–H groups in total. The van der Waals surface area contributed by atoms with E-state index in [1.54, 1.807) is 6.92 Å². The largest absolute Gasteiger partial charge is 0.466 e. The Kier molecular flexibility index (Phi) is 6.64. The van der Waals surface area contributed by atoms with Crippen molar-refractivity contribution >= 4 is 11.9 Å². The monoisotopic (exact) mass is 220 g/mol. The number of rotatable bonds is 6. The minimum Gasteiger partial charge on any atom is -0.466 e. The van der Waals surface area contributed by atoms with Crippen LogP contribution in [-0.4, -0.2) is 50.1 Å². The summed E-state index contributed by atoms with van der Waals surface area (Å²) >= 11 is 0. The second kappa shape index (κ2) is 7.19. The predicted octanol–water partition coefficient (Wildman–Crippen LogP) is -0.512. The summed E-state index contributed by atoms with van der Waals surface area (Å²) in [5.74, 6) is -1.39. The number of hydrogen-bond donors (Lipinski definition) is 1. The molecule has 0 radical (unpaired) electrons. The van der Waals surface area contributed by atoms with Gasteiger partial charge < -0.3 is 19.3 Å². The van der Waals surface area contributed by atoms with E-state index < -0.39 is 24.1 Å². The first-order valence-corrected chi connectivity index (χ1v) is 4.51. The molecule has 88 valence electrons. The number of aliphatic hydroxyl groups excluding tert-OH is 1. The molecule has 2 atom stereocenters. The van der Waals surface area contributed by atoms with Crippen molar-refractivity contribution in [1.29, 1.82) is 0 Å². The van der Waals surface area contributed by atoms with Gasteiger partial charge in [-0.15, -0.1) is 0 Å². The number of carbonyl (C=O) groups is 2. The van der Waals surface area contributed by atoms with Crippen LogP contribution < -0.4 is 0 Å². The van der Waals surface area contributed by atoms with E-state index in [0.717, 1.165) is 7.11 Å². The van der Waals surface area contributed by atoms with Crippen LogP contribution >= 0.6 is 0 Å². The number of hydrogen-bond acceptors (Lipinski definition) is 6. The third kappa shape index (κ3) is 4.75. The molecule has 0 aliphatic heterocycles. The molecule has 2 unspecified atom stereocenters. The van der Waals surface area contributed by atoms with Crippen molar-refractivity contribution in [3.05, 3.63) is 0 Å². The minimum absolute atomic E-state index is 0.114. The fourth-order valence-corrected chi connectivity index (χ4v) is 0.883. The van der Waals surface area contributed by atoms with Crippen LogP contribution in [0.25, 0.3) is 0 Å². The summed E-state index contributed by atoms with van der Waals surface area (Å²) in [4.78, 5) is 22.1. The van der Waals surface area contributed by atoms with Crippen molar-refractivity contribution in [2.75, 3.05) is 20.8 Å². The van der Waals surface area contributed by atoms with Crippen LogP contribution in [0.15, 0.2) is 0 Å². The van der Waals surface area contributed by atoms with Gasteiger partial charge in [0.05, 0.1) is 13.7 Å². The summed E-state index contributed by atoms with van der Waals surface area (Å²) in [7, 11) is 2.51. The third-order valence-corrected chi connectivity index (χ3v) is 1.67. The number of methoxy groups -OCH3 is 2. The zero-order valence-electron chi connectivity index (χ0n) is 9.06. The van der Waals surface area contributed by atoms with E-state index in [9.17, 15) is 14.7 Å². The normalized spacial score (nSPS) is 14.1. The van der Waals surface area contributed by atoms with E-state index in [0.29, 0.717) is 0 Å². The smallest absolute Gasteiger partial charge is 0.350 e. The lowest BCUT2D eigenvalue weighted by atomic mass is 10.2. The molecule has 0 aliphatic carbocycles. The van der Waals surface area contributed by atoms with Gasteiger partial charge in [0, 0.05) is 13.5 Å². The van der Waals surface area contributed by atoms with Crippen LogP contribution in [-0.2, 0) is 23.8 Å². The molecule has 0 bridgehead atoms. The summed E-state index contributed by atoms with van der Waals surface area (Å²) < 4.78 is 13.8. The van der Waals surface area contributed by atoms with E-state index in [1.165, 1.54) is 7.11 Å². The molecule has 0 fully saturated rings. The second-order valence-corrected chi connectivity index (χ2v) is 2.81. The van der Waals surface area contributed by atoms with Crippen molar-refractivity contribution in [2.45, 2.75) is 25.6 Å². The first-order chi connectivity index (χ1) is 7.06. The van der Waals surface area contributed by atoms with Crippen LogP contribution in [0.3, 0.4) is 0 Å². The average molecular weight is 220 g/mol. The van der Waals surface area contributed by atoms with Crippen LogP contribution in [0.2, 0.25) is 0 Å². The van der Waals surface area contributed by atoms with Crippen molar-refractivity contribution in [2.24, 2.45) is 0 Å². The highest BCUT2D eigenvalue weighted by molar-refractivity contribution is 5.79. The fourth-order valence-electron chi connectivity index (χ4n) is 0.883. The lowest BCUT2D eigenvalue weighted by molar-refractivity contribution is -0.175. The Bertz CT molecular complexity index is 215. The van der Waals surface area contributed by atoms with Gasteiger partial charge in [-0.3, -0.25) is 4.79 Å². The Hall–Kier alpha value is -1.14. The van der Waals surface area contributed by atoms with Crippen molar-refractivity contribution < 1.29 is 28.9 Å². The van der Waals surface area contributed by atoms with Gasteiger partial charge in [0.25, 0.3) is 0 Å². The Morgan fingerprint density at radius 1 is 1.33 bits per heavy atom. The Morgan fingerprint density at radius 2 is 1.93 bits per heavy atom. The molecule has 0 aromatic carbocycles. The lowest BCUT2D eigenvalue weighted by Gasteiger charge is -2.19. The van der Waals surface area contributed by atoms with Gasteiger partial charge in [-0.05, 0) is 0 Å². The molecular formula is C9H16O6. The highest BCUT2D eigenvalue weighted by atomic mass is 16.6. The van der Waals surface area contributed by atoms with Gasteiger partial charge in [-0.1, -0.05) is 6.92 Å². The molecule has 0 aromatic heterocycles. The van der Waals surface area contributed by atoms with Gasteiger partial charge in [-0.25, -0.2) is 4.79 Å². The Morgan fingerprint density at radius 3 is 2.33 bits per heavy atom. The Labute approximate surface area is 88.1 Å². The van der Waals surface area contributed by atoms with E-state index in [-0.39, 0.29) is 13.0 Å². The maximum absolute atomic E-state index is 11.2. The molecule has 0 saturated heterocycles. The highest BCUT2D eigenvalue weighted by Gasteiger charge is 2.31. The highest BCUT2D eigenvalue weighted by Crippen LogP contribution is 2.04. The van der Waals surface area contributed by atoms with Gasteiger partial charge in [0.15, 0.2) is 0 Å². The standard InChI is InChI=1S/C9H16O6/c1-4-7(11)15-8(9(12)14-3)6(10)5-13-2/h6,8,10H,4-5H2,1-3H3. The maximum Gasteiger partial charge on any atom is 0.350 e. The van der Waals surface area contributed by atoms with E-state index in [4.69, 9.17) is 4.74 Å². The molecule has 0 rings (SSSR count). The maximum atomic E-state index is 11.2. The second-order valence-electron chi connectivity index (χ2n) is 2.81. The number of aliphatic hydroxyl groups is 1. The van der Waals surface area contributed by atoms with Crippen LogP contribution in [0.1, 0.15) is 13.3 Å². The topological polar surface area (TPSA) is 82.1 Å². The quantitative estimate of drug-likeness (QED) is 0.607. The van der Waals surface area contributed by atoms with E-state index in [1.807, 2.05) is 0 Å². The van der Waals surface area contributed by atoms with Crippen molar-refractivity contribution in [3.63, 3.8) is 0 Å².